The van der Waals surface area contributed by atoms with Gasteiger partial charge in [-0.2, -0.15) is 0 Å². The Morgan fingerprint density at radius 1 is 1.50 bits per heavy atom. The number of anilines is 1. The highest BCUT2D eigenvalue weighted by atomic mass is 19.1. The molecule has 0 spiro atoms. The van der Waals surface area contributed by atoms with E-state index in [-0.39, 0.29) is 11.8 Å². The van der Waals surface area contributed by atoms with Gasteiger partial charge < -0.3 is 15.0 Å². The smallest absolute Gasteiger partial charge is 0.328 e. The molecule has 5 nitrogen and oxygen atoms in total. The lowest BCUT2D eigenvalue weighted by atomic mass is 10.0. The number of methoxy groups -OCH3 is 1. The number of rotatable bonds is 5. The summed E-state index contributed by atoms with van der Waals surface area (Å²) in [6.07, 6.45) is 0.623. The number of benzene rings is 1. The second-order valence-corrected chi connectivity index (χ2v) is 5.10. The Balaban J connectivity index is 2.21. The molecule has 2 rings (SSSR count). The minimum Gasteiger partial charge on any atom is -0.467 e. The highest BCUT2D eigenvalue weighted by molar-refractivity contribution is 5.81. The maximum absolute atomic E-state index is 13.1. The number of hydrogen-bond donors (Lipinski definition) is 2. The van der Waals surface area contributed by atoms with E-state index in [0.29, 0.717) is 29.3 Å². The number of hydrogen-bond acceptors (Lipinski definition) is 4. The summed E-state index contributed by atoms with van der Waals surface area (Å²) in [4.78, 5) is 19.0. The van der Waals surface area contributed by atoms with E-state index >= 15 is 0 Å². The first-order chi connectivity index (χ1) is 9.49. The van der Waals surface area contributed by atoms with E-state index in [0.717, 1.165) is 0 Å². The lowest BCUT2D eigenvalue weighted by Crippen LogP contribution is -2.32. The number of fused-ring (bicyclic) bond motifs is 1. The van der Waals surface area contributed by atoms with Gasteiger partial charge in [-0.1, -0.05) is 13.8 Å². The molecule has 0 fully saturated rings. The van der Waals surface area contributed by atoms with Crippen LogP contribution in [0.4, 0.5) is 10.3 Å². The van der Waals surface area contributed by atoms with Gasteiger partial charge in [0.25, 0.3) is 0 Å². The Labute approximate surface area is 116 Å². The van der Waals surface area contributed by atoms with Crippen LogP contribution in [0.25, 0.3) is 11.0 Å². The van der Waals surface area contributed by atoms with Gasteiger partial charge in [-0.15, -0.1) is 0 Å². The van der Waals surface area contributed by atoms with Crippen LogP contribution in [-0.2, 0) is 9.53 Å². The van der Waals surface area contributed by atoms with Crippen LogP contribution < -0.4 is 5.32 Å². The zero-order valence-electron chi connectivity index (χ0n) is 11.7. The number of nitrogens with one attached hydrogen (secondary N) is 2. The maximum atomic E-state index is 13.1. The number of H-pyrrole nitrogens is 1. The van der Waals surface area contributed by atoms with Gasteiger partial charge in [0.05, 0.1) is 18.1 Å². The van der Waals surface area contributed by atoms with Crippen LogP contribution in [0.1, 0.15) is 20.3 Å². The predicted molar refractivity (Wildman–Crippen MR) is 74.9 cm³/mol. The van der Waals surface area contributed by atoms with E-state index in [1.165, 1.54) is 19.2 Å². The normalized spacial score (nSPS) is 12.7. The van der Waals surface area contributed by atoms with E-state index in [2.05, 4.69) is 15.3 Å². The average Bonchev–Trinajstić information content (AvgIpc) is 2.77. The number of aromatic amines is 1. The molecule has 6 heteroatoms. The summed E-state index contributed by atoms with van der Waals surface area (Å²) in [7, 11) is 1.35. The molecule has 0 aliphatic heterocycles. The van der Waals surface area contributed by atoms with Gasteiger partial charge in [0.1, 0.15) is 11.9 Å². The van der Waals surface area contributed by atoms with Crippen molar-refractivity contribution in [2.45, 2.75) is 26.3 Å². The number of aromatic nitrogens is 2. The Hall–Kier alpha value is -2.11. The number of halogens is 1. The Kier molecular flexibility index (Phi) is 4.22. The molecule has 0 amide bonds. The summed E-state index contributed by atoms with van der Waals surface area (Å²) in [5.41, 5.74) is 1.22. The monoisotopic (exact) mass is 279 g/mol. The van der Waals surface area contributed by atoms with Crippen LogP contribution >= 0.6 is 0 Å². The van der Waals surface area contributed by atoms with Crippen LogP contribution in [0.3, 0.4) is 0 Å². The Bertz CT molecular complexity index is 609. The molecule has 1 atom stereocenters. The highest BCUT2D eigenvalue weighted by Crippen LogP contribution is 2.17. The molecule has 0 aliphatic rings. The molecule has 1 unspecified atom stereocenters. The average molecular weight is 279 g/mol. The molecule has 2 N–H and O–H groups in total. The Morgan fingerprint density at radius 2 is 2.25 bits per heavy atom. The molecule has 0 radical (unpaired) electrons. The number of carbonyl (C=O) groups excluding carboxylic acids is 1. The molecular formula is C14H18FN3O2. The number of nitrogens with zero attached hydrogens (tertiary/aromatic N) is 1. The third kappa shape index (κ3) is 3.26. The summed E-state index contributed by atoms with van der Waals surface area (Å²) < 4.78 is 17.9. The minimum atomic E-state index is -0.481. The van der Waals surface area contributed by atoms with E-state index in [4.69, 9.17) is 4.74 Å². The molecule has 1 aromatic heterocycles. The number of ether oxygens (including phenoxy) is 1. The first kappa shape index (κ1) is 14.3. The topological polar surface area (TPSA) is 67.0 Å². The van der Waals surface area contributed by atoms with Crippen LogP contribution in [-0.4, -0.2) is 29.1 Å². The fourth-order valence-electron chi connectivity index (χ4n) is 2.04. The number of carbonyl (C=O) groups is 1. The van der Waals surface area contributed by atoms with Crippen molar-refractivity contribution in [2.24, 2.45) is 5.92 Å². The van der Waals surface area contributed by atoms with Crippen molar-refractivity contribution in [1.82, 2.24) is 9.97 Å². The fourth-order valence-corrected chi connectivity index (χ4v) is 2.04. The third-order valence-corrected chi connectivity index (χ3v) is 2.95. The van der Waals surface area contributed by atoms with E-state index in [1.54, 1.807) is 6.07 Å². The third-order valence-electron chi connectivity index (χ3n) is 2.95. The van der Waals surface area contributed by atoms with E-state index < -0.39 is 6.04 Å². The van der Waals surface area contributed by atoms with Gasteiger partial charge in [-0.25, -0.2) is 14.2 Å². The van der Waals surface area contributed by atoms with Gasteiger partial charge in [-0.3, -0.25) is 0 Å². The minimum absolute atomic E-state index is 0.327. The van der Waals surface area contributed by atoms with Crippen LogP contribution in [0.5, 0.6) is 0 Å². The zero-order valence-corrected chi connectivity index (χ0v) is 11.7. The summed E-state index contributed by atoms with van der Waals surface area (Å²) in [5.74, 6) is 0.0832. The highest BCUT2D eigenvalue weighted by Gasteiger charge is 2.21. The molecule has 0 saturated heterocycles. The summed E-state index contributed by atoms with van der Waals surface area (Å²) in [6.45, 7) is 4.04. The van der Waals surface area contributed by atoms with Gasteiger partial charge >= 0.3 is 5.97 Å². The predicted octanol–water partition coefficient (Wildman–Crippen LogP) is 2.70. The van der Waals surface area contributed by atoms with Crippen molar-refractivity contribution in [3.05, 3.63) is 24.0 Å². The van der Waals surface area contributed by atoms with Gasteiger partial charge in [-0.05, 0) is 30.5 Å². The van der Waals surface area contributed by atoms with E-state index in [1.807, 2.05) is 13.8 Å². The molecule has 20 heavy (non-hydrogen) atoms. The molecule has 0 aliphatic carbocycles. The second kappa shape index (κ2) is 5.90. The first-order valence-corrected chi connectivity index (χ1v) is 6.49. The van der Waals surface area contributed by atoms with Gasteiger partial charge in [0, 0.05) is 0 Å². The molecule has 2 aromatic rings. The second-order valence-electron chi connectivity index (χ2n) is 5.10. The number of imidazole rings is 1. The first-order valence-electron chi connectivity index (χ1n) is 6.49. The summed E-state index contributed by atoms with van der Waals surface area (Å²) in [5, 5.41) is 3.01. The fraction of sp³-hybridized carbons (Fsp3) is 0.429. The summed E-state index contributed by atoms with van der Waals surface area (Å²) >= 11 is 0. The quantitative estimate of drug-likeness (QED) is 0.826. The standard InChI is InChI=1S/C14H18FN3O2/c1-8(2)6-12(13(19)20-3)18-14-16-10-5-4-9(15)7-11(10)17-14/h4-5,7-8,12H,6H2,1-3H3,(H2,16,17,18). The lowest BCUT2D eigenvalue weighted by molar-refractivity contribution is -0.141. The Morgan fingerprint density at radius 3 is 2.90 bits per heavy atom. The largest absolute Gasteiger partial charge is 0.467 e. The van der Waals surface area contributed by atoms with Gasteiger partial charge in [0.15, 0.2) is 0 Å². The van der Waals surface area contributed by atoms with Crippen molar-refractivity contribution in [3.63, 3.8) is 0 Å². The lowest BCUT2D eigenvalue weighted by Gasteiger charge is -2.17. The van der Waals surface area contributed by atoms with Crippen molar-refractivity contribution < 1.29 is 13.9 Å². The van der Waals surface area contributed by atoms with Crippen LogP contribution in [0, 0.1) is 11.7 Å². The summed E-state index contributed by atoms with van der Waals surface area (Å²) in [6, 6.07) is 3.81. The SMILES string of the molecule is COC(=O)C(CC(C)C)Nc1nc2ccc(F)cc2[nH]1. The molecule has 0 saturated carbocycles. The van der Waals surface area contributed by atoms with Crippen LogP contribution in [0.2, 0.25) is 0 Å². The molecular weight excluding hydrogens is 261 g/mol. The molecule has 0 bridgehead atoms. The van der Waals surface area contributed by atoms with Gasteiger partial charge in [0.2, 0.25) is 5.95 Å². The van der Waals surface area contributed by atoms with Crippen molar-refractivity contribution in [2.75, 3.05) is 12.4 Å². The van der Waals surface area contributed by atoms with Crippen molar-refractivity contribution >= 4 is 23.0 Å². The zero-order chi connectivity index (χ0) is 14.7. The number of esters is 1. The maximum Gasteiger partial charge on any atom is 0.328 e. The van der Waals surface area contributed by atoms with Crippen molar-refractivity contribution in [3.8, 4) is 0 Å². The van der Waals surface area contributed by atoms with Crippen molar-refractivity contribution in [1.29, 1.82) is 0 Å². The molecule has 108 valence electrons. The molecule has 1 aromatic carbocycles. The molecule has 1 heterocycles. The van der Waals surface area contributed by atoms with Crippen LogP contribution in [0.15, 0.2) is 18.2 Å². The van der Waals surface area contributed by atoms with E-state index in [9.17, 15) is 9.18 Å².